The van der Waals surface area contributed by atoms with Gasteiger partial charge in [-0.1, -0.05) is 22.0 Å². The minimum Gasteiger partial charge on any atom is -0.351 e. The fourth-order valence-electron chi connectivity index (χ4n) is 4.46. The highest BCUT2D eigenvalue weighted by atomic mass is 79.9. The molecule has 0 saturated carbocycles. The van der Waals surface area contributed by atoms with Crippen LogP contribution in [-0.2, 0) is 0 Å². The zero-order valence-corrected chi connectivity index (χ0v) is 20.3. The molecule has 162 valence electrons. The summed E-state index contributed by atoms with van der Waals surface area (Å²) in [6.45, 7) is 6.29. The Hall–Kier alpha value is -3.04. The second-order valence-electron chi connectivity index (χ2n) is 7.91. The summed E-state index contributed by atoms with van der Waals surface area (Å²) >= 11 is 9.47. The number of anilines is 1. The normalized spacial score (nSPS) is 18.2. The largest absolute Gasteiger partial charge is 0.351 e. The lowest BCUT2D eigenvalue weighted by Crippen LogP contribution is -2.29. The number of hydrogen-bond acceptors (Lipinski definition) is 4. The number of pyridine rings is 1. The molecule has 0 unspecified atom stereocenters. The Morgan fingerprint density at radius 3 is 2.50 bits per heavy atom. The fraction of sp³-hybridized carbons (Fsp3) is 0.217. The van der Waals surface area contributed by atoms with Crippen LogP contribution in [0.25, 0.3) is 0 Å². The van der Waals surface area contributed by atoms with Crippen LogP contribution in [0.5, 0.6) is 0 Å². The van der Waals surface area contributed by atoms with Crippen molar-refractivity contribution in [3.63, 3.8) is 0 Å². The fourth-order valence-corrected chi connectivity index (χ4v) is 5.05. The van der Waals surface area contributed by atoms with Gasteiger partial charge >= 0.3 is 0 Å². The monoisotopic (exact) mass is 507 g/mol. The lowest BCUT2D eigenvalue weighted by Gasteiger charge is -2.28. The highest BCUT2D eigenvalue weighted by Crippen LogP contribution is 2.43. The predicted molar refractivity (Wildman–Crippen MR) is 132 cm³/mol. The number of thiocarbonyl (C=S) groups is 1. The number of hydrogen-bond donors (Lipinski definition) is 1. The van der Waals surface area contributed by atoms with Crippen molar-refractivity contribution in [1.29, 1.82) is 0 Å². The third-order valence-corrected chi connectivity index (χ3v) is 7.11. The molecule has 4 aromatic rings. The Bertz CT molecular complexity index is 1280. The van der Waals surface area contributed by atoms with Crippen LogP contribution in [0.1, 0.15) is 40.3 Å². The van der Waals surface area contributed by atoms with E-state index in [0.29, 0.717) is 5.11 Å². The molecule has 0 radical (unpaired) electrons. The van der Waals surface area contributed by atoms with Crippen LogP contribution < -0.4 is 10.2 Å². The number of nitrogens with zero attached hydrogens (tertiary/aromatic N) is 6. The predicted octanol–water partition coefficient (Wildman–Crippen LogP) is 4.65. The number of aromatic nitrogens is 5. The van der Waals surface area contributed by atoms with Crippen molar-refractivity contribution in [3.05, 3.63) is 94.0 Å². The van der Waals surface area contributed by atoms with E-state index < -0.39 is 0 Å². The molecule has 7 nitrogen and oxygen atoms in total. The molecule has 1 N–H and O–H groups in total. The van der Waals surface area contributed by atoms with E-state index >= 15 is 0 Å². The van der Waals surface area contributed by atoms with Gasteiger partial charge in [-0.2, -0.15) is 0 Å². The lowest BCUT2D eigenvalue weighted by atomic mass is 9.96. The van der Waals surface area contributed by atoms with Crippen LogP contribution in [0.3, 0.4) is 0 Å². The van der Waals surface area contributed by atoms with Crippen LogP contribution in [0.4, 0.5) is 5.69 Å². The molecule has 1 fully saturated rings. The van der Waals surface area contributed by atoms with Gasteiger partial charge in [-0.15, -0.1) is 10.2 Å². The van der Waals surface area contributed by atoms with Crippen LogP contribution in [0, 0.1) is 20.8 Å². The van der Waals surface area contributed by atoms with E-state index in [4.69, 9.17) is 12.2 Å². The summed E-state index contributed by atoms with van der Waals surface area (Å²) in [5, 5.41) is 12.2. The van der Waals surface area contributed by atoms with E-state index in [-0.39, 0.29) is 12.1 Å². The topological polar surface area (TPSA) is 63.8 Å². The van der Waals surface area contributed by atoms with E-state index in [9.17, 15) is 0 Å². The summed E-state index contributed by atoms with van der Waals surface area (Å²) in [7, 11) is 0. The summed E-state index contributed by atoms with van der Waals surface area (Å²) in [4.78, 5) is 6.85. The molecule has 1 aromatic carbocycles. The molecular weight excluding hydrogens is 486 g/mol. The van der Waals surface area contributed by atoms with Crippen molar-refractivity contribution in [1.82, 2.24) is 29.9 Å². The van der Waals surface area contributed by atoms with Gasteiger partial charge in [0.15, 0.2) is 5.11 Å². The zero-order chi connectivity index (χ0) is 22.4. The number of aryl methyl sites for hydroxylation is 2. The summed E-state index contributed by atoms with van der Waals surface area (Å²) in [5.74, 6) is 0. The molecule has 1 aliphatic rings. The summed E-state index contributed by atoms with van der Waals surface area (Å²) in [6.07, 6.45) is 5.23. The standard InChI is InChI=1S/C23H22BrN7S/c1-14-10-17(7-8-19(14)24)30-22(21(28-23(30)32)20-6-4-5-9-25-20)18-11-15(2)31(16(18)3)29-12-26-27-13-29/h4-13,21-22H,1-3H3,(H,28,32)/t21-,22-/m1/s1. The highest BCUT2D eigenvalue weighted by Gasteiger charge is 2.42. The highest BCUT2D eigenvalue weighted by molar-refractivity contribution is 9.10. The second-order valence-corrected chi connectivity index (χ2v) is 9.15. The molecule has 2 atom stereocenters. The average Bonchev–Trinajstić information content (AvgIpc) is 3.49. The molecule has 1 saturated heterocycles. The van der Waals surface area contributed by atoms with Crippen LogP contribution >= 0.6 is 28.1 Å². The van der Waals surface area contributed by atoms with Crippen molar-refractivity contribution < 1.29 is 0 Å². The van der Waals surface area contributed by atoms with Crippen molar-refractivity contribution >= 4 is 38.9 Å². The first-order valence-corrected chi connectivity index (χ1v) is 11.5. The van der Waals surface area contributed by atoms with Gasteiger partial charge in [-0.25, -0.2) is 4.68 Å². The molecule has 5 rings (SSSR count). The maximum atomic E-state index is 5.86. The molecule has 0 aliphatic carbocycles. The molecule has 0 spiro atoms. The molecular formula is C23H22BrN7S. The Morgan fingerprint density at radius 2 is 1.81 bits per heavy atom. The Morgan fingerprint density at radius 1 is 1.03 bits per heavy atom. The van der Waals surface area contributed by atoms with E-state index in [0.717, 1.165) is 32.8 Å². The molecule has 4 heterocycles. The third-order valence-electron chi connectivity index (χ3n) is 5.91. The van der Waals surface area contributed by atoms with E-state index in [2.05, 4.69) is 91.0 Å². The molecule has 9 heteroatoms. The number of nitrogens with one attached hydrogen (secondary N) is 1. The Kier molecular flexibility index (Phi) is 5.30. The van der Waals surface area contributed by atoms with Gasteiger partial charge in [0, 0.05) is 33.3 Å². The Balaban J connectivity index is 1.69. The average molecular weight is 508 g/mol. The van der Waals surface area contributed by atoms with Crippen LogP contribution in [0.15, 0.2) is 65.8 Å². The van der Waals surface area contributed by atoms with Gasteiger partial charge in [0.2, 0.25) is 0 Å². The number of rotatable bonds is 4. The van der Waals surface area contributed by atoms with Crippen LogP contribution in [-0.4, -0.2) is 29.6 Å². The van der Waals surface area contributed by atoms with Gasteiger partial charge in [-0.3, -0.25) is 9.66 Å². The van der Waals surface area contributed by atoms with Gasteiger partial charge < -0.3 is 10.2 Å². The minimum absolute atomic E-state index is 0.0746. The molecule has 0 amide bonds. The molecule has 1 aliphatic heterocycles. The van der Waals surface area contributed by atoms with Gasteiger partial charge in [0.05, 0.1) is 17.8 Å². The third kappa shape index (κ3) is 3.41. The summed E-state index contributed by atoms with van der Waals surface area (Å²) in [6, 6.07) is 14.3. The maximum absolute atomic E-state index is 5.86. The first-order chi connectivity index (χ1) is 15.5. The van der Waals surface area contributed by atoms with Crippen molar-refractivity contribution in [3.8, 4) is 0 Å². The van der Waals surface area contributed by atoms with Crippen molar-refractivity contribution in [2.75, 3.05) is 4.90 Å². The molecule has 32 heavy (non-hydrogen) atoms. The lowest BCUT2D eigenvalue weighted by molar-refractivity contribution is 0.557. The van der Waals surface area contributed by atoms with Crippen molar-refractivity contribution in [2.24, 2.45) is 0 Å². The summed E-state index contributed by atoms with van der Waals surface area (Å²) in [5.41, 5.74) is 6.49. The van der Waals surface area contributed by atoms with Gasteiger partial charge in [0.25, 0.3) is 0 Å². The number of benzene rings is 1. The van der Waals surface area contributed by atoms with Crippen molar-refractivity contribution in [2.45, 2.75) is 32.9 Å². The second kappa shape index (κ2) is 8.14. The quantitative estimate of drug-likeness (QED) is 0.405. The maximum Gasteiger partial charge on any atom is 0.174 e. The SMILES string of the molecule is Cc1cc(N2C(=S)N[C@H](c3ccccn3)[C@H]2c2cc(C)n(-n3cnnc3)c2C)ccc1Br. The van der Waals surface area contributed by atoms with E-state index in [1.807, 2.05) is 29.1 Å². The van der Waals surface area contributed by atoms with Crippen LogP contribution in [0.2, 0.25) is 0 Å². The summed E-state index contributed by atoms with van der Waals surface area (Å²) < 4.78 is 5.07. The molecule has 0 bridgehead atoms. The van der Waals surface area contributed by atoms with E-state index in [1.165, 1.54) is 5.56 Å². The first-order valence-electron chi connectivity index (χ1n) is 10.3. The number of halogens is 1. The smallest absolute Gasteiger partial charge is 0.174 e. The van der Waals surface area contributed by atoms with E-state index in [1.54, 1.807) is 12.7 Å². The minimum atomic E-state index is -0.0949. The van der Waals surface area contributed by atoms with Gasteiger partial charge in [-0.05, 0) is 75.0 Å². The first kappa shape index (κ1) is 20.8. The Labute approximate surface area is 200 Å². The molecule has 3 aromatic heterocycles. The zero-order valence-electron chi connectivity index (χ0n) is 17.9. The van der Waals surface area contributed by atoms with Gasteiger partial charge in [0.1, 0.15) is 12.7 Å².